The molecule has 3 aromatic rings. The molecule has 1 aromatic heterocycles. The fraction of sp³-hybridized carbons (Fsp3) is 0.118. The summed E-state index contributed by atoms with van der Waals surface area (Å²) in [7, 11) is 0. The SMILES string of the molecule is OCc1cc2ccccc2c(OCc2ccccc2Cl)n1. The van der Waals surface area contributed by atoms with E-state index in [0.717, 1.165) is 16.3 Å². The summed E-state index contributed by atoms with van der Waals surface area (Å²) in [6, 6.07) is 17.2. The van der Waals surface area contributed by atoms with Gasteiger partial charge < -0.3 is 9.84 Å². The van der Waals surface area contributed by atoms with Gasteiger partial charge in [0.2, 0.25) is 5.88 Å². The van der Waals surface area contributed by atoms with Crippen molar-refractivity contribution in [3.05, 3.63) is 70.9 Å². The average Bonchev–Trinajstić information content (AvgIpc) is 2.53. The lowest BCUT2D eigenvalue weighted by molar-refractivity contribution is 0.267. The van der Waals surface area contributed by atoms with Gasteiger partial charge in [-0.25, -0.2) is 4.98 Å². The molecule has 0 bridgehead atoms. The zero-order valence-electron chi connectivity index (χ0n) is 11.3. The van der Waals surface area contributed by atoms with Crippen molar-refractivity contribution in [3.8, 4) is 5.88 Å². The second-order valence-corrected chi connectivity index (χ2v) is 5.09. The van der Waals surface area contributed by atoms with Crippen molar-refractivity contribution in [2.24, 2.45) is 0 Å². The number of benzene rings is 2. The third kappa shape index (κ3) is 2.99. The van der Waals surface area contributed by atoms with E-state index in [1.54, 1.807) is 0 Å². The number of ether oxygens (including phenoxy) is 1. The second kappa shape index (κ2) is 6.12. The van der Waals surface area contributed by atoms with Crippen LogP contribution in [0.1, 0.15) is 11.3 Å². The molecule has 0 amide bonds. The van der Waals surface area contributed by atoms with Gasteiger partial charge in [0, 0.05) is 16.0 Å². The Bertz CT molecular complexity index is 774. The van der Waals surface area contributed by atoms with Crippen LogP contribution < -0.4 is 4.74 Å². The van der Waals surface area contributed by atoms with E-state index in [4.69, 9.17) is 16.3 Å². The lowest BCUT2D eigenvalue weighted by Gasteiger charge is -2.11. The third-order valence-corrected chi connectivity index (χ3v) is 3.61. The first-order valence-corrected chi connectivity index (χ1v) is 7.01. The molecule has 3 rings (SSSR count). The molecule has 0 saturated heterocycles. The van der Waals surface area contributed by atoms with Crippen molar-refractivity contribution in [3.63, 3.8) is 0 Å². The largest absolute Gasteiger partial charge is 0.472 e. The molecule has 0 saturated carbocycles. The maximum absolute atomic E-state index is 9.31. The molecule has 0 radical (unpaired) electrons. The molecule has 0 spiro atoms. The van der Waals surface area contributed by atoms with Gasteiger partial charge in [0.05, 0.1) is 12.3 Å². The van der Waals surface area contributed by atoms with Gasteiger partial charge in [0.15, 0.2) is 0 Å². The summed E-state index contributed by atoms with van der Waals surface area (Å²) in [6.07, 6.45) is 0. The van der Waals surface area contributed by atoms with Crippen LogP contribution in [-0.2, 0) is 13.2 Å². The van der Waals surface area contributed by atoms with Crippen molar-refractivity contribution >= 4 is 22.4 Å². The Balaban J connectivity index is 1.94. The van der Waals surface area contributed by atoms with E-state index >= 15 is 0 Å². The van der Waals surface area contributed by atoms with Crippen LogP contribution in [0.15, 0.2) is 54.6 Å². The van der Waals surface area contributed by atoms with Crippen LogP contribution in [0.2, 0.25) is 5.02 Å². The summed E-state index contributed by atoms with van der Waals surface area (Å²) in [4.78, 5) is 4.35. The highest BCUT2D eigenvalue weighted by atomic mass is 35.5. The van der Waals surface area contributed by atoms with Gasteiger partial charge in [-0.1, -0.05) is 48.0 Å². The predicted octanol–water partition coefficient (Wildman–Crippen LogP) is 3.96. The monoisotopic (exact) mass is 299 g/mol. The van der Waals surface area contributed by atoms with Crippen LogP contribution in [0, 0.1) is 0 Å². The molecule has 3 nitrogen and oxygen atoms in total. The third-order valence-electron chi connectivity index (χ3n) is 3.24. The average molecular weight is 300 g/mol. The highest BCUT2D eigenvalue weighted by molar-refractivity contribution is 6.31. The van der Waals surface area contributed by atoms with Crippen molar-refractivity contribution < 1.29 is 9.84 Å². The van der Waals surface area contributed by atoms with E-state index in [0.29, 0.717) is 23.2 Å². The molecule has 0 aliphatic carbocycles. The zero-order chi connectivity index (χ0) is 14.7. The van der Waals surface area contributed by atoms with Crippen molar-refractivity contribution in [1.82, 2.24) is 4.98 Å². The van der Waals surface area contributed by atoms with Crippen LogP contribution in [0.3, 0.4) is 0 Å². The molecule has 1 N–H and O–H groups in total. The van der Waals surface area contributed by atoms with E-state index in [1.165, 1.54) is 0 Å². The van der Waals surface area contributed by atoms with Crippen LogP contribution in [0.25, 0.3) is 10.8 Å². The zero-order valence-corrected chi connectivity index (χ0v) is 12.0. The van der Waals surface area contributed by atoms with Crippen molar-refractivity contribution in [1.29, 1.82) is 0 Å². The summed E-state index contributed by atoms with van der Waals surface area (Å²) >= 11 is 6.13. The van der Waals surface area contributed by atoms with Crippen LogP contribution in [0.4, 0.5) is 0 Å². The molecule has 4 heteroatoms. The number of aliphatic hydroxyl groups excluding tert-OH is 1. The smallest absolute Gasteiger partial charge is 0.222 e. The molecular weight excluding hydrogens is 286 g/mol. The fourth-order valence-corrected chi connectivity index (χ4v) is 2.36. The molecule has 0 aliphatic rings. The Hall–Kier alpha value is -2.10. The number of rotatable bonds is 4. The van der Waals surface area contributed by atoms with Gasteiger partial charge in [0.1, 0.15) is 6.61 Å². The van der Waals surface area contributed by atoms with Crippen LogP contribution in [0.5, 0.6) is 5.88 Å². The minimum absolute atomic E-state index is 0.118. The first-order chi connectivity index (χ1) is 10.3. The van der Waals surface area contributed by atoms with E-state index in [1.807, 2.05) is 54.6 Å². The van der Waals surface area contributed by atoms with Gasteiger partial charge in [-0.3, -0.25) is 0 Å². The normalized spacial score (nSPS) is 10.8. The fourth-order valence-electron chi connectivity index (χ4n) is 2.17. The van der Waals surface area contributed by atoms with Gasteiger partial charge in [-0.15, -0.1) is 0 Å². The molecule has 0 unspecified atom stereocenters. The van der Waals surface area contributed by atoms with Gasteiger partial charge in [-0.2, -0.15) is 0 Å². The summed E-state index contributed by atoms with van der Waals surface area (Å²) in [5.41, 5.74) is 1.49. The summed E-state index contributed by atoms with van der Waals surface area (Å²) < 4.78 is 5.82. The van der Waals surface area contributed by atoms with Gasteiger partial charge >= 0.3 is 0 Å². The molecule has 0 aliphatic heterocycles. The molecule has 0 atom stereocenters. The van der Waals surface area contributed by atoms with Crippen LogP contribution >= 0.6 is 11.6 Å². The van der Waals surface area contributed by atoms with Gasteiger partial charge in [-0.05, 0) is 23.6 Å². The Morgan fingerprint density at radius 2 is 1.81 bits per heavy atom. The molecule has 1 heterocycles. The van der Waals surface area contributed by atoms with E-state index in [2.05, 4.69) is 4.98 Å². The first kappa shape index (κ1) is 13.9. The van der Waals surface area contributed by atoms with Crippen LogP contribution in [-0.4, -0.2) is 10.1 Å². The summed E-state index contributed by atoms with van der Waals surface area (Å²) in [6.45, 7) is 0.221. The first-order valence-electron chi connectivity index (χ1n) is 6.63. The number of fused-ring (bicyclic) bond motifs is 1. The lowest BCUT2D eigenvalue weighted by Crippen LogP contribution is -2.01. The number of hydrogen-bond acceptors (Lipinski definition) is 3. The summed E-state index contributed by atoms with van der Waals surface area (Å²) in [5, 5.41) is 11.9. The summed E-state index contributed by atoms with van der Waals surface area (Å²) in [5.74, 6) is 0.511. The Morgan fingerprint density at radius 1 is 1.05 bits per heavy atom. The number of nitrogens with zero attached hydrogens (tertiary/aromatic N) is 1. The quantitative estimate of drug-likeness (QED) is 0.793. The molecule has 0 fully saturated rings. The Morgan fingerprint density at radius 3 is 2.62 bits per heavy atom. The number of aromatic nitrogens is 1. The van der Waals surface area contributed by atoms with E-state index in [-0.39, 0.29) is 6.61 Å². The van der Waals surface area contributed by atoms with E-state index in [9.17, 15) is 5.11 Å². The topological polar surface area (TPSA) is 42.4 Å². The number of halogens is 1. The number of aliphatic hydroxyl groups is 1. The van der Waals surface area contributed by atoms with Crippen molar-refractivity contribution in [2.45, 2.75) is 13.2 Å². The predicted molar refractivity (Wildman–Crippen MR) is 83.4 cm³/mol. The second-order valence-electron chi connectivity index (χ2n) is 4.68. The standard InChI is InChI=1S/C17H14ClNO2/c18-16-8-4-2-6-13(16)11-21-17-15-7-3-1-5-12(15)9-14(10-20)19-17/h1-9,20H,10-11H2. The van der Waals surface area contributed by atoms with E-state index < -0.39 is 0 Å². The molecular formula is C17H14ClNO2. The van der Waals surface area contributed by atoms with Gasteiger partial charge in [0.25, 0.3) is 0 Å². The molecule has 2 aromatic carbocycles. The molecule has 106 valence electrons. The molecule has 21 heavy (non-hydrogen) atoms. The lowest BCUT2D eigenvalue weighted by atomic mass is 10.1. The Labute approximate surface area is 127 Å². The number of hydrogen-bond donors (Lipinski definition) is 1. The maximum atomic E-state index is 9.31. The van der Waals surface area contributed by atoms with Crippen molar-refractivity contribution in [2.75, 3.05) is 0 Å². The minimum Gasteiger partial charge on any atom is -0.472 e. The highest BCUT2D eigenvalue weighted by Gasteiger charge is 2.08. The highest BCUT2D eigenvalue weighted by Crippen LogP contribution is 2.26. The minimum atomic E-state index is -0.118. The maximum Gasteiger partial charge on any atom is 0.222 e. The Kier molecular flexibility index (Phi) is 4.04. The number of pyridine rings is 1.